The van der Waals surface area contributed by atoms with Crippen molar-refractivity contribution in [3.05, 3.63) is 58.6 Å². The van der Waals surface area contributed by atoms with E-state index in [1.807, 2.05) is 4.90 Å². The zero-order valence-corrected chi connectivity index (χ0v) is 21.2. The monoisotopic (exact) mass is 552 g/mol. The number of likely N-dealkylation sites (tertiary alicyclic amines) is 1. The van der Waals surface area contributed by atoms with Crippen molar-refractivity contribution in [1.82, 2.24) is 14.7 Å². The van der Waals surface area contributed by atoms with Gasteiger partial charge in [-0.3, -0.25) is 19.2 Å². The van der Waals surface area contributed by atoms with Crippen LogP contribution in [0.2, 0.25) is 0 Å². The van der Waals surface area contributed by atoms with Gasteiger partial charge in [-0.15, -0.1) is 0 Å². The summed E-state index contributed by atoms with van der Waals surface area (Å²) in [7, 11) is -5.28. The number of amides is 2. The van der Waals surface area contributed by atoms with E-state index in [0.29, 0.717) is 38.0 Å². The molecule has 14 heteroatoms. The first-order valence-corrected chi connectivity index (χ1v) is 13.6. The van der Waals surface area contributed by atoms with E-state index in [-0.39, 0.29) is 35.3 Å². The van der Waals surface area contributed by atoms with Gasteiger partial charge in [-0.05, 0) is 36.8 Å². The smallest absolute Gasteiger partial charge is 0.365 e. The largest absolute Gasteiger partial charge is 0.497 e. The van der Waals surface area contributed by atoms with E-state index in [9.17, 15) is 31.2 Å². The molecule has 10 nitrogen and oxygen atoms in total. The highest BCUT2D eigenvalue weighted by Crippen LogP contribution is 2.34. The predicted molar refractivity (Wildman–Crippen MR) is 131 cm³/mol. The van der Waals surface area contributed by atoms with Crippen molar-refractivity contribution < 1.29 is 31.2 Å². The lowest BCUT2D eigenvalue weighted by molar-refractivity contribution is -0.117. The van der Waals surface area contributed by atoms with Crippen molar-refractivity contribution in [2.75, 3.05) is 25.0 Å². The van der Waals surface area contributed by atoms with Crippen molar-refractivity contribution in [3.63, 3.8) is 0 Å². The minimum Gasteiger partial charge on any atom is -0.365 e. The Morgan fingerprint density at radius 3 is 2.45 bits per heavy atom. The molecule has 1 saturated carbocycles. The molecular weight excluding hydrogens is 525 g/mol. The average Bonchev–Trinajstić information content (AvgIpc) is 3.60. The minimum absolute atomic E-state index is 0.0514. The number of halogens is 3. The van der Waals surface area contributed by atoms with Crippen LogP contribution in [0.5, 0.6) is 0 Å². The highest BCUT2D eigenvalue weighted by Gasteiger charge is 2.45. The van der Waals surface area contributed by atoms with Gasteiger partial charge in [0.15, 0.2) is 5.82 Å². The van der Waals surface area contributed by atoms with Gasteiger partial charge in [-0.25, -0.2) is 15.0 Å². The summed E-state index contributed by atoms with van der Waals surface area (Å²) in [4.78, 5) is 29.9. The average molecular weight is 553 g/mol. The number of benzene rings is 1. The van der Waals surface area contributed by atoms with Gasteiger partial charge in [0, 0.05) is 31.7 Å². The molecule has 2 fully saturated rings. The van der Waals surface area contributed by atoms with E-state index >= 15 is 0 Å². The number of anilines is 1. The molecule has 1 aromatic carbocycles. The standard InChI is InChI=1S/C24H27F3N6O4S/c1-29-15-23(33-13-19(20(28)34)21(31-33)30-22(35)18-5-6-18)7-9-32(10-8-23)12-16-3-2-4-17(11-16)14-38(36,37)24(25,26)27/h2-4,11,13,18H,5-10,12,14-15H2,(H2,28,34)(H,30,31,35). The van der Waals surface area contributed by atoms with Crippen LogP contribution in [0.15, 0.2) is 30.5 Å². The third-order valence-electron chi connectivity index (χ3n) is 6.92. The summed E-state index contributed by atoms with van der Waals surface area (Å²) in [6.45, 7) is 8.97. The molecule has 1 aliphatic heterocycles. The number of aromatic nitrogens is 2. The van der Waals surface area contributed by atoms with Crippen molar-refractivity contribution in [2.24, 2.45) is 11.7 Å². The Labute approximate surface area is 217 Å². The number of primary amides is 1. The summed E-state index contributed by atoms with van der Waals surface area (Å²) in [5, 5.41) is 7.12. The summed E-state index contributed by atoms with van der Waals surface area (Å²) < 4.78 is 62.9. The molecule has 0 unspecified atom stereocenters. The number of nitrogens with zero attached hydrogens (tertiary/aromatic N) is 4. The molecule has 0 atom stereocenters. The lowest BCUT2D eigenvalue weighted by atomic mass is 9.87. The lowest BCUT2D eigenvalue weighted by Gasteiger charge is -2.38. The van der Waals surface area contributed by atoms with E-state index in [1.165, 1.54) is 24.4 Å². The number of nitrogens with two attached hydrogens (primary N) is 1. The van der Waals surface area contributed by atoms with Gasteiger partial charge in [-0.2, -0.15) is 18.3 Å². The fourth-order valence-corrected chi connectivity index (χ4v) is 5.35. The molecule has 0 radical (unpaired) electrons. The molecule has 2 aliphatic rings. The van der Waals surface area contributed by atoms with Crippen LogP contribution in [0.3, 0.4) is 0 Å². The Morgan fingerprint density at radius 2 is 1.87 bits per heavy atom. The number of rotatable bonds is 9. The Hall–Kier alpha value is -3.44. The number of piperidine rings is 1. The molecule has 3 N–H and O–H groups in total. The first kappa shape index (κ1) is 27.6. The summed E-state index contributed by atoms with van der Waals surface area (Å²) in [6, 6.07) is 6.03. The molecule has 1 aromatic heterocycles. The van der Waals surface area contributed by atoms with Gasteiger partial charge in [0.1, 0.15) is 11.1 Å². The first-order chi connectivity index (χ1) is 17.8. The van der Waals surface area contributed by atoms with E-state index in [4.69, 9.17) is 12.3 Å². The van der Waals surface area contributed by atoms with Crippen LogP contribution in [0.4, 0.5) is 19.0 Å². The first-order valence-electron chi connectivity index (χ1n) is 12.0. The van der Waals surface area contributed by atoms with E-state index in [1.54, 1.807) is 10.7 Å². The van der Waals surface area contributed by atoms with Crippen molar-refractivity contribution in [2.45, 2.75) is 49.0 Å². The van der Waals surface area contributed by atoms with Gasteiger partial charge in [0.25, 0.3) is 15.7 Å². The van der Waals surface area contributed by atoms with Crippen LogP contribution in [0, 0.1) is 12.5 Å². The second-order valence-electron chi connectivity index (χ2n) is 9.81. The number of carbonyl (C=O) groups is 2. The SMILES string of the molecule is [C-]#[N+]CC1(n2cc(C(N)=O)c(NC(=O)C3CC3)n2)CCN(Cc2cccc(CS(=O)(=O)C(F)(F)F)c2)CC1. The molecule has 2 aromatic rings. The summed E-state index contributed by atoms with van der Waals surface area (Å²) in [5.41, 5.74) is 0.236. The molecule has 4 rings (SSSR count). The molecule has 2 heterocycles. The number of carbonyl (C=O) groups excluding carboxylic acids is 2. The third-order valence-corrected chi connectivity index (χ3v) is 8.34. The van der Waals surface area contributed by atoms with Crippen LogP contribution in [0.25, 0.3) is 4.85 Å². The normalized spacial score (nSPS) is 18.1. The topological polar surface area (TPSA) is 132 Å². The quantitative estimate of drug-likeness (QED) is 0.460. The van der Waals surface area contributed by atoms with Gasteiger partial charge in [0.2, 0.25) is 12.5 Å². The number of hydrogen-bond acceptors (Lipinski definition) is 6. The second-order valence-corrected chi connectivity index (χ2v) is 11.8. The maximum Gasteiger partial charge on any atom is 0.497 e. The minimum atomic E-state index is -5.32. The number of alkyl halides is 3. The maximum atomic E-state index is 12.8. The number of sulfone groups is 1. The van der Waals surface area contributed by atoms with Crippen LogP contribution < -0.4 is 11.1 Å². The van der Waals surface area contributed by atoms with Crippen LogP contribution in [0.1, 0.15) is 47.2 Å². The highest BCUT2D eigenvalue weighted by atomic mass is 32.2. The predicted octanol–water partition coefficient (Wildman–Crippen LogP) is 2.68. The molecule has 1 saturated heterocycles. The summed E-state index contributed by atoms with van der Waals surface area (Å²) in [5.74, 6) is -2.12. The van der Waals surface area contributed by atoms with Crippen molar-refractivity contribution in [3.8, 4) is 0 Å². The fraction of sp³-hybridized carbons (Fsp3) is 0.500. The molecular formula is C24H27F3N6O4S. The molecule has 1 aliphatic carbocycles. The van der Waals surface area contributed by atoms with Gasteiger partial charge in [0.05, 0.1) is 5.75 Å². The highest BCUT2D eigenvalue weighted by molar-refractivity contribution is 7.91. The summed E-state index contributed by atoms with van der Waals surface area (Å²) >= 11 is 0. The Bertz CT molecular complexity index is 1370. The third kappa shape index (κ3) is 5.99. The molecule has 38 heavy (non-hydrogen) atoms. The number of hydrogen-bond donors (Lipinski definition) is 2. The van der Waals surface area contributed by atoms with Crippen molar-refractivity contribution in [1.29, 1.82) is 0 Å². The Kier molecular flexibility index (Phi) is 7.53. The van der Waals surface area contributed by atoms with Crippen LogP contribution >= 0.6 is 0 Å². The number of nitrogens with one attached hydrogen (secondary N) is 1. The van der Waals surface area contributed by atoms with Crippen molar-refractivity contribution >= 4 is 27.5 Å². The van der Waals surface area contributed by atoms with E-state index in [2.05, 4.69) is 15.3 Å². The van der Waals surface area contributed by atoms with E-state index in [0.717, 1.165) is 12.8 Å². The van der Waals surface area contributed by atoms with Gasteiger partial charge >= 0.3 is 5.51 Å². The van der Waals surface area contributed by atoms with Gasteiger partial charge < -0.3 is 15.9 Å². The molecule has 204 valence electrons. The maximum absolute atomic E-state index is 12.8. The molecule has 0 bridgehead atoms. The lowest BCUT2D eigenvalue weighted by Crippen LogP contribution is -2.48. The Morgan fingerprint density at radius 1 is 1.21 bits per heavy atom. The molecule has 0 spiro atoms. The van der Waals surface area contributed by atoms with Crippen LogP contribution in [-0.2, 0) is 32.5 Å². The Balaban J connectivity index is 1.47. The fourth-order valence-electron chi connectivity index (χ4n) is 4.57. The zero-order valence-electron chi connectivity index (χ0n) is 20.4. The molecule has 2 amide bonds. The summed E-state index contributed by atoms with van der Waals surface area (Å²) in [6.07, 6.45) is 3.98. The van der Waals surface area contributed by atoms with Crippen LogP contribution in [-0.4, -0.2) is 60.1 Å². The second kappa shape index (κ2) is 10.4. The van der Waals surface area contributed by atoms with Gasteiger partial charge in [-0.1, -0.05) is 24.3 Å². The zero-order chi connectivity index (χ0) is 27.7. The van der Waals surface area contributed by atoms with E-state index < -0.39 is 32.5 Å².